The van der Waals surface area contributed by atoms with Crippen LogP contribution in [0.15, 0.2) is 0 Å². The molecule has 16 heavy (non-hydrogen) atoms. The monoisotopic (exact) mass is 239 g/mol. The molecule has 0 spiro atoms. The zero-order chi connectivity index (χ0) is 12.8. The molecule has 0 heterocycles. The summed E-state index contributed by atoms with van der Waals surface area (Å²) in [6.07, 6.45) is -1.68. The van der Waals surface area contributed by atoms with Crippen LogP contribution in [0.2, 0.25) is 0 Å². The molecule has 0 amide bonds. The number of alkyl halides is 3. The van der Waals surface area contributed by atoms with E-state index in [1.54, 1.807) is 6.92 Å². The summed E-state index contributed by atoms with van der Waals surface area (Å²) in [5, 5.41) is 2.91. The molecule has 0 saturated heterocycles. The lowest BCUT2D eigenvalue weighted by Gasteiger charge is -2.19. The number of hydrogen-bond donors (Lipinski definition) is 1. The summed E-state index contributed by atoms with van der Waals surface area (Å²) >= 11 is 0. The molecule has 98 valence electrons. The Balaban J connectivity index is 3.45. The van der Waals surface area contributed by atoms with Crippen LogP contribution in [0.5, 0.6) is 0 Å². The zero-order valence-corrected chi connectivity index (χ0v) is 10.7. The van der Waals surface area contributed by atoms with Gasteiger partial charge in [0.15, 0.2) is 0 Å². The number of unbranched alkanes of at least 4 members (excludes halogenated alkanes) is 1. The molecule has 1 nitrogen and oxygen atoms in total. The van der Waals surface area contributed by atoms with Crippen molar-refractivity contribution in [2.75, 3.05) is 6.54 Å². The van der Waals surface area contributed by atoms with Crippen LogP contribution in [0.4, 0.5) is 13.2 Å². The van der Waals surface area contributed by atoms with Gasteiger partial charge in [0.2, 0.25) is 0 Å². The maximum Gasteiger partial charge on any atom is 0.390 e. The molecule has 0 aromatic carbocycles. The third-order valence-electron chi connectivity index (χ3n) is 2.38. The zero-order valence-electron chi connectivity index (χ0n) is 10.7. The molecule has 0 aromatic heterocycles. The maximum atomic E-state index is 12.0. The summed E-state index contributed by atoms with van der Waals surface area (Å²) in [7, 11) is 0. The van der Waals surface area contributed by atoms with Crippen molar-refractivity contribution in [1.29, 1.82) is 0 Å². The first kappa shape index (κ1) is 15.8. The van der Waals surface area contributed by atoms with E-state index >= 15 is 0 Å². The van der Waals surface area contributed by atoms with Gasteiger partial charge in [0, 0.05) is 6.04 Å². The first-order valence-electron chi connectivity index (χ1n) is 5.90. The second kappa shape index (κ2) is 6.48. The molecule has 0 rings (SSSR count). The van der Waals surface area contributed by atoms with Gasteiger partial charge in [-0.15, -0.1) is 0 Å². The topological polar surface area (TPSA) is 12.0 Å². The van der Waals surface area contributed by atoms with Crippen molar-refractivity contribution in [2.24, 2.45) is 5.41 Å². The lowest BCUT2D eigenvalue weighted by molar-refractivity contribution is -0.139. The molecule has 4 heteroatoms. The molecule has 1 unspecified atom stereocenters. The van der Waals surface area contributed by atoms with Gasteiger partial charge in [0.1, 0.15) is 0 Å². The van der Waals surface area contributed by atoms with Gasteiger partial charge in [0.25, 0.3) is 0 Å². The van der Waals surface area contributed by atoms with Gasteiger partial charge >= 0.3 is 6.18 Å². The van der Waals surface area contributed by atoms with Crippen LogP contribution in [-0.4, -0.2) is 18.8 Å². The number of hydrogen-bond acceptors (Lipinski definition) is 1. The molecule has 0 aliphatic heterocycles. The predicted molar refractivity (Wildman–Crippen MR) is 61.4 cm³/mol. The van der Waals surface area contributed by atoms with E-state index in [9.17, 15) is 13.2 Å². The Kier molecular flexibility index (Phi) is 6.38. The van der Waals surface area contributed by atoms with Crippen LogP contribution in [-0.2, 0) is 0 Å². The van der Waals surface area contributed by atoms with Crippen molar-refractivity contribution < 1.29 is 13.2 Å². The van der Waals surface area contributed by atoms with E-state index < -0.39 is 18.6 Å². The Morgan fingerprint density at radius 1 is 1.06 bits per heavy atom. The number of nitrogens with one attached hydrogen (secondary N) is 1. The van der Waals surface area contributed by atoms with Crippen LogP contribution in [0.25, 0.3) is 0 Å². The van der Waals surface area contributed by atoms with Gasteiger partial charge in [-0.1, -0.05) is 27.2 Å². The molecule has 0 aliphatic rings. The first-order chi connectivity index (χ1) is 7.10. The standard InChI is InChI=1S/C12H24F3N/c1-10(9-12(13,14)15)16-8-6-5-7-11(2,3)4/h10,16H,5-9H2,1-4H3. The molecule has 0 saturated carbocycles. The normalized spacial score (nSPS) is 15.2. The fourth-order valence-electron chi connectivity index (χ4n) is 1.55. The Labute approximate surface area is 96.8 Å². The summed E-state index contributed by atoms with van der Waals surface area (Å²) in [4.78, 5) is 0. The van der Waals surface area contributed by atoms with E-state index in [1.807, 2.05) is 0 Å². The van der Waals surface area contributed by atoms with Crippen LogP contribution < -0.4 is 5.32 Å². The second-order valence-electron chi connectivity index (χ2n) is 5.69. The van der Waals surface area contributed by atoms with Crippen LogP contribution >= 0.6 is 0 Å². The van der Waals surface area contributed by atoms with E-state index in [-0.39, 0.29) is 0 Å². The molecule has 0 aromatic rings. The van der Waals surface area contributed by atoms with Crippen molar-refractivity contribution in [2.45, 2.75) is 65.6 Å². The fraction of sp³-hybridized carbons (Fsp3) is 1.00. The van der Waals surface area contributed by atoms with E-state index in [0.717, 1.165) is 19.3 Å². The van der Waals surface area contributed by atoms with Gasteiger partial charge in [0.05, 0.1) is 6.42 Å². The lowest BCUT2D eigenvalue weighted by Crippen LogP contribution is -2.31. The lowest BCUT2D eigenvalue weighted by atomic mass is 9.90. The van der Waals surface area contributed by atoms with Gasteiger partial charge in [-0.05, 0) is 31.7 Å². The number of halogens is 3. The predicted octanol–water partition coefficient (Wildman–Crippen LogP) is 4.13. The molecule has 0 radical (unpaired) electrons. The minimum atomic E-state index is -4.06. The Morgan fingerprint density at radius 3 is 2.06 bits per heavy atom. The molecular weight excluding hydrogens is 215 g/mol. The van der Waals surface area contributed by atoms with Crippen LogP contribution in [0.3, 0.4) is 0 Å². The van der Waals surface area contributed by atoms with Crippen molar-refractivity contribution in [3.63, 3.8) is 0 Å². The maximum absolute atomic E-state index is 12.0. The van der Waals surface area contributed by atoms with Crippen molar-refractivity contribution >= 4 is 0 Å². The quantitative estimate of drug-likeness (QED) is 0.687. The van der Waals surface area contributed by atoms with Crippen molar-refractivity contribution in [1.82, 2.24) is 5.32 Å². The minimum absolute atomic E-state index is 0.317. The largest absolute Gasteiger partial charge is 0.390 e. The first-order valence-corrected chi connectivity index (χ1v) is 5.90. The van der Waals surface area contributed by atoms with Crippen LogP contribution in [0, 0.1) is 5.41 Å². The second-order valence-corrected chi connectivity index (χ2v) is 5.69. The van der Waals surface area contributed by atoms with E-state index in [0.29, 0.717) is 12.0 Å². The highest BCUT2D eigenvalue weighted by molar-refractivity contribution is 4.66. The molecule has 0 aliphatic carbocycles. The number of rotatable bonds is 6. The van der Waals surface area contributed by atoms with Gasteiger partial charge < -0.3 is 5.32 Å². The van der Waals surface area contributed by atoms with E-state index in [4.69, 9.17) is 0 Å². The Morgan fingerprint density at radius 2 is 1.62 bits per heavy atom. The third-order valence-corrected chi connectivity index (χ3v) is 2.38. The summed E-state index contributed by atoms with van der Waals surface area (Å²) in [5.74, 6) is 0. The highest BCUT2D eigenvalue weighted by Crippen LogP contribution is 2.22. The van der Waals surface area contributed by atoms with Gasteiger partial charge in [-0.25, -0.2) is 0 Å². The molecule has 1 N–H and O–H groups in total. The third kappa shape index (κ3) is 11.8. The molecule has 0 fully saturated rings. The molecule has 0 bridgehead atoms. The van der Waals surface area contributed by atoms with Gasteiger partial charge in [-0.2, -0.15) is 13.2 Å². The summed E-state index contributed by atoms with van der Waals surface area (Å²) in [6, 6.07) is -0.477. The summed E-state index contributed by atoms with van der Waals surface area (Å²) in [6.45, 7) is 8.77. The van der Waals surface area contributed by atoms with Crippen LogP contribution in [0.1, 0.15) is 53.4 Å². The Bertz CT molecular complexity index is 182. The highest BCUT2D eigenvalue weighted by atomic mass is 19.4. The summed E-state index contributed by atoms with van der Waals surface area (Å²) < 4.78 is 36.0. The minimum Gasteiger partial charge on any atom is -0.314 e. The summed E-state index contributed by atoms with van der Waals surface area (Å²) in [5.41, 5.74) is 0.317. The fourth-order valence-corrected chi connectivity index (χ4v) is 1.55. The SMILES string of the molecule is CC(CC(F)(F)F)NCCCCC(C)(C)C. The van der Waals surface area contributed by atoms with E-state index in [1.165, 1.54) is 0 Å². The van der Waals surface area contributed by atoms with Gasteiger partial charge in [-0.3, -0.25) is 0 Å². The average molecular weight is 239 g/mol. The van der Waals surface area contributed by atoms with Crippen molar-refractivity contribution in [3.05, 3.63) is 0 Å². The average Bonchev–Trinajstić information content (AvgIpc) is 1.97. The molecular formula is C12H24F3N. The Hall–Kier alpha value is -0.250. The highest BCUT2D eigenvalue weighted by Gasteiger charge is 2.29. The smallest absolute Gasteiger partial charge is 0.314 e. The molecule has 1 atom stereocenters. The van der Waals surface area contributed by atoms with Crippen molar-refractivity contribution in [3.8, 4) is 0 Å². The van der Waals surface area contributed by atoms with E-state index in [2.05, 4.69) is 26.1 Å².